The standard InChI is InChI=1S/C15H11N3O4/c19-15(17-11-4-2-5-12(9-11)18(20)21)22-13-6-1-3-10-7-8-16-14(10)13/h1-9,16H,(H,17,19). The lowest BCUT2D eigenvalue weighted by Crippen LogP contribution is -2.16. The molecule has 0 atom stereocenters. The van der Waals surface area contributed by atoms with Crippen LogP contribution in [0.25, 0.3) is 10.9 Å². The van der Waals surface area contributed by atoms with Crippen molar-refractivity contribution in [3.63, 3.8) is 0 Å². The van der Waals surface area contributed by atoms with E-state index < -0.39 is 11.0 Å². The van der Waals surface area contributed by atoms with Crippen molar-refractivity contribution in [2.24, 2.45) is 0 Å². The number of aromatic amines is 1. The smallest absolute Gasteiger partial charge is 0.408 e. The van der Waals surface area contributed by atoms with Crippen LogP contribution in [0.1, 0.15) is 0 Å². The maximum atomic E-state index is 11.9. The van der Waals surface area contributed by atoms with Crippen LogP contribution in [0.3, 0.4) is 0 Å². The Bertz CT molecular complexity index is 857. The number of H-pyrrole nitrogens is 1. The van der Waals surface area contributed by atoms with Crippen molar-refractivity contribution in [1.29, 1.82) is 0 Å². The van der Waals surface area contributed by atoms with E-state index in [0.29, 0.717) is 11.3 Å². The number of aromatic nitrogens is 1. The summed E-state index contributed by atoms with van der Waals surface area (Å²) in [4.78, 5) is 25.1. The molecule has 22 heavy (non-hydrogen) atoms. The predicted molar refractivity (Wildman–Crippen MR) is 81.0 cm³/mol. The summed E-state index contributed by atoms with van der Waals surface area (Å²) in [6.45, 7) is 0. The van der Waals surface area contributed by atoms with E-state index in [4.69, 9.17) is 4.74 Å². The molecule has 110 valence electrons. The third-order valence-electron chi connectivity index (χ3n) is 3.06. The number of anilines is 1. The topological polar surface area (TPSA) is 97.3 Å². The number of ether oxygens (including phenoxy) is 1. The van der Waals surface area contributed by atoms with Gasteiger partial charge in [0.25, 0.3) is 5.69 Å². The SMILES string of the molecule is O=C(Nc1cccc([N+](=O)[O-])c1)Oc1cccc2cc[nH]c12. The van der Waals surface area contributed by atoms with Crippen LogP contribution in [-0.2, 0) is 0 Å². The molecule has 0 aliphatic rings. The number of fused-ring (bicyclic) bond motifs is 1. The summed E-state index contributed by atoms with van der Waals surface area (Å²) < 4.78 is 5.24. The average Bonchev–Trinajstić information content (AvgIpc) is 2.97. The van der Waals surface area contributed by atoms with Crippen LogP contribution >= 0.6 is 0 Å². The zero-order valence-corrected chi connectivity index (χ0v) is 11.3. The van der Waals surface area contributed by atoms with Crippen LogP contribution in [-0.4, -0.2) is 16.0 Å². The number of hydrogen-bond acceptors (Lipinski definition) is 4. The molecule has 3 rings (SSSR count). The highest BCUT2D eigenvalue weighted by Crippen LogP contribution is 2.24. The molecule has 0 aliphatic carbocycles. The lowest BCUT2D eigenvalue weighted by molar-refractivity contribution is -0.384. The lowest BCUT2D eigenvalue weighted by Gasteiger charge is -2.07. The first-order valence-electron chi connectivity index (χ1n) is 6.43. The fourth-order valence-electron chi connectivity index (χ4n) is 2.08. The number of nitro benzene ring substituents is 1. The quantitative estimate of drug-likeness (QED) is 0.569. The van der Waals surface area contributed by atoms with Crippen LogP contribution in [0, 0.1) is 10.1 Å². The number of hydrogen-bond donors (Lipinski definition) is 2. The highest BCUT2D eigenvalue weighted by Gasteiger charge is 2.11. The summed E-state index contributed by atoms with van der Waals surface area (Å²) >= 11 is 0. The number of nitrogens with one attached hydrogen (secondary N) is 2. The van der Waals surface area contributed by atoms with Gasteiger partial charge in [-0.25, -0.2) is 4.79 Å². The number of rotatable bonds is 3. The number of amides is 1. The second-order valence-corrected chi connectivity index (χ2v) is 4.52. The van der Waals surface area contributed by atoms with Crippen LogP contribution in [0.2, 0.25) is 0 Å². The van der Waals surface area contributed by atoms with Gasteiger partial charge in [0.05, 0.1) is 16.1 Å². The molecule has 2 aromatic carbocycles. The third-order valence-corrected chi connectivity index (χ3v) is 3.06. The summed E-state index contributed by atoms with van der Waals surface area (Å²) in [5.74, 6) is 0.380. The average molecular weight is 297 g/mol. The van der Waals surface area contributed by atoms with Gasteiger partial charge in [0.1, 0.15) is 0 Å². The number of benzene rings is 2. The van der Waals surface area contributed by atoms with E-state index in [2.05, 4.69) is 10.3 Å². The molecule has 0 fully saturated rings. The molecule has 2 N–H and O–H groups in total. The number of carbonyl (C=O) groups is 1. The summed E-state index contributed by atoms with van der Waals surface area (Å²) in [7, 11) is 0. The summed E-state index contributed by atoms with van der Waals surface area (Å²) in [5, 5.41) is 14.1. The Hall–Kier alpha value is -3.35. The van der Waals surface area contributed by atoms with Gasteiger partial charge in [-0.1, -0.05) is 18.2 Å². The number of nitrogens with zero attached hydrogens (tertiary/aromatic N) is 1. The van der Waals surface area contributed by atoms with Crippen molar-refractivity contribution >= 4 is 28.4 Å². The van der Waals surface area contributed by atoms with Crippen molar-refractivity contribution in [3.05, 3.63) is 64.8 Å². The Balaban J connectivity index is 1.76. The molecule has 0 spiro atoms. The Morgan fingerprint density at radius 1 is 1.18 bits per heavy atom. The maximum Gasteiger partial charge on any atom is 0.417 e. The van der Waals surface area contributed by atoms with E-state index in [1.165, 1.54) is 18.2 Å². The third kappa shape index (κ3) is 2.73. The van der Waals surface area contributed by atoms with E-state index >= 15 is 0 Å². The second-order valence-electron chi connectivity index (χ2n) is 4.52. The van der Waals surface area contributed by atoms with E-state index in [1.807, 2.05) is 12.1 Å². The molecule has 0 aliphatic heterocycles. The van der Waals surface area contributed by atoms with Gasteiger partial charge in [0, 0.05) is 23.7 Å². The monoisotopic (exact) mass is 297 g/mol. The van der Waals surface area contributed by atoms with E-state index in [9.17, 15) is 14.9 Å². The fraction of sp³-hybridized carbons (Fsp3) is 0. The first-order valence-corrected chi connectivity index (χ1v) is 6.43. The number of para-hydroxylation sites is 1. The van der Waals surface area contributed by atoms with Gasteiger partial charge in [-0.15, -0.1) is 0 Å². The highest BCUT2D eigenvalue weighted by molar-refractivity contribution is 5.91. The van der Waals surface area contributed by atoms with Crippen molar-refractivity contribution in [2.45, 2.75) is 0 Å². The van der Waals surface area contributed by atoms with Gasteiger partial charge in [0.2, 0.25) is 0 Å². The molecule has 7 heteroatoms. The molecular weight excluding hydrogens is 286 g/mol. The van der Waals surface area contributed by atoms with Gasteiger partial charge in [-0.2, -0.15) is 0 Å². The molecule has 1 amide bonds. The molecule has 3 aromatic rings. The van der Waals surface area contributed by atoms with Crippen LogP contribution < -0.4 is 10.1 Å². The van der Waals surface area contributed by atoms with Gasteiger partial charge < -0.3 is 9.72 Å². The molecule has 0 unspecified atom stereocenters. The summed E-state index contributed by atoms with van der Waals surface area (Å²) in [6.07, 6.45) is 1.03. The van der Waals surface area contributed by atoms with Crippen LogP contribution in [0.4, 0.5) is 16.2 Å². The van der Waals surface area contributed by atoms with E-state index in [0.717, 1.165) is 5.39 Å². The molecule has 0 saturated heterocycles. The van der Waals surface area contributed by atoms with Crippen molar-refractivity contribution in [3.8, 4) is 5.75 Å². The number of non-ortho nitro benzene ring substituents is 1. The van der Waals surface area contributed by atoms with E-state index in [1.54, 1.807) is 24.4 Å². The van der Waals surface area contributed by atoms with Gasteiger partial charge in [-0.3, -0.25) is 15.4 Å². The first kappa shape index (κ1) is 13.6. The minimum atomic E-state index is -0.720. The Morgan fingerprint density at radius 3 is 2.82 bits per heavy atom. The number of nitro groups is 1. The summed E-state index contributed by atoms with van der Waals surface area (Å²) in [6, 6.07) is 12.8. The molecule has 7 nitrogen and oxygen atoms in total. The molecule has 1 heterocycles. The molecule has 0 saturated carbocycles. The minimum Gasteiger partial charge on any atom is -0.408 e. The van der Waals surface area contributed by atoms with Crippen molar-refractivity contribution in [1.82, 2.24) is 4.98 Å². The maximum absolute atomic E-state index is 11.9. The Kier molecular flexibility index (Phi) is 3.45. The lowest BCUT2D eigenvalue weighted by atomic mass is 10.2. The van der Waals surface area contributed by atoms with Gasteiger partial charge in [0.15, 0.2) is 5.75 Å². The summed E-state index contributed by atoms with van der Waals surface area (Å²) in [5.41, 5.74) is 0.888. The molecular formula is C15H11N3O4. The largest absolute Gasteiger partial charge is 0.417 e. The Labute approximate surface area is 124 Å². The van der Waals surface area contributed by atoms with Crippen LogP contribution in [0.5, 0.6) is 5.75 Å². The fourth-order valence-corrected chi connectivity index (χ4v) is 2.08. The second kappa shape index (κ2) is 5.57. The predicted octanol–water partition coefficient (Wildman–Crippen LogP) is 3.69. The minimum absolute atomic E-state index is 0.107. The molecule has 1 aromatic heterocycles. The first-order chi connectivity index (χ1) is 10.6. The van der Waals surface area contributed by atoms with E-state index in [-0.39, 0.29) is 11.4 Å². The normalized spacial score (nSPS) is 10.4. The van der Waals surface area contributed by atoms with Crippen molar-refractivity contribution in [2.75, 3.05) is 5.32 Å². The molecule has 0 bridgehead atoms. The van der Waals surface area contributed by atoms with Gasteiger partial charge in [-0.05, 0) is 18.2 Å². The zero-order valence-electron chi connectivity index (χ0n) is 11.3. The van der Waals surface area contributed by atoms with Crippen LogP contribution in [0.15, 0.2) is 54.7 Å². The number of carbonyl (C=O) groups excluding carboxylic acids is 1. The zero-order chi connectivity index (χ0) is 15.5. The highest BCUT2D eigenvalue weighted by atomic mass is 16.6. The van der Waals surface area contributed by atoms with Gasteiger partial charge >= 0.3 is 6.09 Å². The Morgan fingerprint density at radius 2 is 2.00 bits per heavy atom. The van der Waals surface area contributed by atoms with Crippen molar-refractivity contribution < 1.29 is 14.5 Å². The molecule has 0 radical (unpaired) electrons.